The van der Waals surface area contributed by atoms with E-state index >= 15 is 0 Å². The number of aromatic hydroxyl groups is 1. The molecule has 34 heavy (non-hydrogen) atoms. The van der Waals surface area contributed by atoms with Crippen LogP contribution in [0.4, 0.5) is 5.69 Å². The van der Waals surface area contributed by atoms with Crippen molar-refractivity contribution in [1.29, 1.82) is 0 Å². The molecule has 1 aromatic rings. The highest BCUT2D eigenvalue weighted by Gasteiger charge is 2.68. The van der Waals surface area contributed by atoms with E-state index in [1.54, 1.807) is 38.9 Å². The summed E-state index contributed by atoms with van der Waals surface area (Å²) >= 11 is 0. The minimum Gasteiger partial charge on any atom is -0.507 e. The predicted octanol–water partition coefficient (Wildman–Crippen LogP) is 0.460. The summed E-state index contributed by atoms with van der Waals surface area (Å²) in [6, 6.07) is 1.66. The van der Waals surface area contributed by atoms with Crippen LogP contribution in [0, 0.1) is 29.6 Å². The summed E-state index contributed by atoms with van der Waals surface area (Å²) in [5, 5.41) is 21.9. The maximum Gasteiger partial charge on any atom is 0.190 e. The SMILES string of the molecule is CCC(C)C(=O)C1C(=O)C(N)C2CC3Cc4c(N(C)C)ccc(O)c4C(=O)C3C(=O)C2(O)C1=O. The molecule has 182 valence electrons. The molecule has 9 heteroatoms. The largest absolute Gasteiger partial charge is 0.507 e. The first-order valence-corrected chi connectivity index (χ1v) is 11.6. The number of nitrogens with two attached hydrogens (primary N) is 1. The molecule has 7 atom stereocenters. The lowest BCUT2D eigenvalue weighted by Gasteiger charge is -2.51. The van der Waals surface area contributed by atoms with Crippen molar-refractivity contribution in [2.45, 2.75) is 44.8 Å². The van der Waals surface area contributed by atoms with Crippen molar-refractivity contribution in [1.82, 2.24) is 0 Å². The molecule has 0 aliphatic heterocycles. The third-order valence-electron chi connectivity index (χ3n) is 8.03. The molecular weight excluding hydrogens is 440 g/mol. The van der Waals surface area contributed by atoms with Gasteiger partial charge in [-0.2, -0.15) is 0 Å². The van der Waals surface area contributed by atoms with Crippen LogP contribution in [0.3, 0.4) is 0 Å². The molecule has 4 rings (SSSR count). The first-order valence-electron chi connectivity index (χ1n) is 11.6. The molecule has 4 N–H and O–H groups in total. The number of carbonyl (C=O) groups excluding carboxylic acids is 5. The third kappa shape index (κ3) is 3.10. The number of carbonyl (C=O) groups is 5. The molecule has 1 aromatic carbocycles. The maximum atomic E-state index is 13.7. The van der Waals surface area contributed by atoms with Crippen molar-refractivity contribution in [3.8, 4) is 5.75 Å². The van der Waals surface area contributed by atoms with E-state index in [0.717, 1.165) is 0 Å². The molecule has 2 saturated carbocycles. The van der Waals surface area contributed by atoms with E-state index in [4.69, 9.17) is 5.73 Å². The van der Waals surface area contributed by atoms with Crippen LogP contribution >= 0.6 is 0 Å². The fraction of sp³-hybridized carbons (Fsp3) is 0.560. The van der Waals surface area contributed by atoms with Gasteiger partial charge in [0.15, 0.2) is 34.5 Å². The van der Waals surface area contributed by atoms with Gasteiger partial charge < -0.3 is 20.8 Å². The summed E-state index contributed by atoms with van der Waals surface area (Å²) in [5.74, 6) is -10.3. The number of phenolic OH excluding ortho intramolecular Hbond substituents is 1. The van der Waals surface area contributed by atoms with Crippen LogP contribution in [0.25, 0.3) is 0 Å². The lowest BCUT2D eigenvalue weighted by atomic mass is 9.52. The number of nitrogens with zero attached hydrogens (tertiary/aromatic N) is 1. The average molecular weight is 471 g/mol. The minimum absolute atomic E-state index is 0.00119. The lowest BCUT2D eigenvalue weighted by Crippen LogP contribution is -2.73. The Morgan fingerprint density at radius 1 is 1.21 bits per heavy atom. The van der Waals surface area contributed by atoms with Crippen molar-refractivity contribution in [3.63, 3.8) is 0 Å². The quantitative estimate of drug-likeness (QED) is 0.532. The van der Waals surface area contributed by atoms with Gasteiger partial charge in [0.1, 0.15) is 11.7 Å². The highest BCUT2D eigenvalue weighted by molar-refractivity contribution is 6.33. The molecule has 0 amide bonds. The standard InChI is InChI=1S/C25H30N2O7/c1-5-10(2)20(29)18-22(31)19(26)13-9-11-8-12-14(27(3)4)6-7-15(28)17(12)21(30)16(11)23(32)25(13,34)24(18)33/h6-7,10-11,13,16,18-19,28,34H,5,8-9,26H2,1-4H3. The first kappa shape index (κ1) is 24.2. The number of hydrogen-bond donors (Lipinski definition) is 3. The number of aliphatic hydroxyl groups is 1. The van der Waals surface area contributed by atoms with Crippen LogP contribution in [-0.4, -0.2) is 64.9 Å². The normalized spacial score (nSPS) is 33.6. The predicted molar refractivity (Wildman–Crippen MR) is 121 cm³/mol. The molecule has 0 saturated heterocycles. The Kier molecular flexibility index (Phi) is 5.77. The highest BCUT2D eigenvalue weighted by Crippen LogP contribution is 2.51. The van der Waals surface area contributed by atoms with Crippen LogP contribution in [0.15, 0.2) is 12.1 Å². The van der Waals surface area contributed by atoms with Crippen LogP contribution in [0.2, 0.25) is 0 Å². The van der Waals surface area contributed by atoms with Gasteiger partial charge in [0.05, 0.1) is 17.5 Å². The van der Waals surface area contributed by atoms with Gasteiger partial charge in [0.25, 0.3) is 0 Å². The molecule has 9 nitrogen and oxygen atoms in total. The number of ketones is 5. The Morgan fingerprint density at radius 2 is 1.85 bits per heavy atom. The smallest absolute Gasteiger partial charge is 0.190 e. The Balaban J connectivity index is 1.82. The van der Waals surface area contributed by atoms with Gasteiger partial charge >= 0.3 is 0 Å². The Bertz CT molecular complexity index is 1130. The first-order chi connectivity index (χ1) is 15.9. The van der Waals surface area contributed by atoms with E-state index in [9.17, 15) is 34.2 Å². The number of phenols is 1. The Hall–Kier alpha value is -2.91. The molecule has 7 unspecified atom stereocenters. The van der Waals surface area contributed by atoms with Gasteiger partial charge in [-0.1, -0.05) is 13.8 Å². The third-order valence-corrected chi connectivity index (χ3v) is 8.03. The second-order valence-electron chi connectivity index (χ2n) is 10.1. The van der Waals surface area contributed by atoms with Crippen LogP contribution in [0.1, 0.15) is 42.6 Å². The summed E-state index contributed by atoms with van der Waals surface area (Å²) < 4.78 is 0. The Morgan fingerprint density at radius 3 is 2.44 bits per heavy atom. The lowest BCUT2D eigenvalue weighted by molar-refractivity contribution is -0.177. The van der Waals surface area contributed by atoms with Crippen molar-refractivity contribution >= 4 is 34.6 Å². The van der Waals surface area contributed by atoms with Crippen LogP contribution < -0.4 is 10.6 Å². The summed E-state index contributed by atoms with van der Waals surface area (Å²) in [6.07, 6.45) is 0.591. The van der Waals surface area contributed by atoms with E-state index in [-0.39, 0.29) is 24.2 Å². The summed E-state index contributed by atoms with van der Waals surface area (Å²) in [5.41, 5.74) is 4.73. The number of hydrogen-bond acceptors (Lipinski definition) is 9. The number of fused-ring (bicyclic) bond motifs is 3. The molecule has 0 bridgehead atoms. The molecule has 0 radical (unpaired) electrons. The van der Waals surface area contributed by atoms with Crippen molar-refractivity contribution in [3.05, 3.63) is 23.3 Å². The fourth-order valence-electron chi connectivity index (χ4n) is 5.95. The van der Waals surface area contributed by atoms with E-state index < -0.39 is 70.1 Å². The monoisotopic (exact) mass is 470 g/mol. The van der Waals surface area contributed by atoms with Gasteiger partial charge in [0.2, 0.25) is 0 Å². The maximum absolute atomic E-state index is 13.7. The second kappa shape index (κ2) is 8.09. The highest BCUT2D eigenvalue weighted by atomic mass is 16.3. The van der Waals surface area contributed by atoms with E-state index in [1.165, 1.54) is 6.07 Å². The van der Waals surface area contributed by atoms with Crippen LogP contribution in [0.5, 0.6) is 5.75 Å². The van der Waals surface area contributed by atoms with Crippen molar-refractivity contribution < 1.29 is 34.2 Å². The number of rotatable bonds is 4. The molecule has 0 heterocycles. The van der Waals surface area contributed by atoms with Crippen molar-refractivity contribution in [2.75, 3.05) is 19.0 Å². The molecule has 0 spiro atoms. The molecule has 3 aliphatic rings. The minimum atomic E-state index is -2.70. The van der Waals surface area contributed by atoms with Gasteiger partial charge in [-0.3, -0.25) is 24.0 Å². The number of Topliss-reactive ketones (excluding diaryl/α,β-unsaturated/α-hetero) is 5. The number of anilines is 1. The zero-order valence-corrected chi connectivity index (χ0v) is 19.7. The second-order valence-corrected chi connectivity index (χ2v) is 10.1. The van der Waals surface area contributed by atoms with Gasteiger partial charge in [-0.05, 0) is 42.9 Å². The summed E-state index contributed by atoms with van der Waals surface area (Å²) in [4.78, 5) is 68.3. The van der Waals surface area contributed by atoms with E-state index in [0.29, 0.717) is 17.7 Å². The van der Waals surface area contributed by atoms with Gasteiger partial charge in [-0.25, -0.2) is 0 Å². The van der Waals surface area contributed by atoms with Gasteiger partial charge in [-0.15, -0.1) is 0 Å². The fourth-order valence-corrected chi connectivity index (χ4v) is 5.95. The average Bonchev–Trinajstić information content (AvgIpc) is 2.78. The molecular formula is C25H30N2O7. The summed E-state index contributed by atoms with van der Waals surface area (Å²) in [6.45, 7) is 3.29. The van der Waals surface area contributed by atoms with Gasteiger partial charge in [0, 0.05) is 31.6 Å². The zero-order chi connectivity index (χ0) is 25.3. The van der Waals surface area contributed by atoms with E-state index in [1.807, 2.05) is 0 Å². The molecule has 0 aromatic heterocycles. The zero-order valence-electron chi connectivity index (χ0n) is 19.7. The topological polar surface area (TPSA) is 155 Å². The molecule has 3 aliphatic carbocycles. The van der Waals surface area contributed by atoms with E-state index in [2.05, 4.69) is 0 Å². The summed E-state index contributed by atoms with van der Waals surface area (Å²) in [7, 11) is 3.58. The van der Waals surface area contributed by atoms with Crippen molar-refractivity contribution in [2.24, 2.45) is 35.3 Å². The van der Waals surface area contributed by atoms with Crippen LogP contribution in [-0.2, 0) is 25.6 Å². The molecule has 2 fully saturated rings. The Labute approximate surface area is 197 Å². The number of benzene rings is 1.